The molecule has 1 N–H and O–H groups in total. The molecule has 0 bridgehead atoms. The quantitative estimate of drug-likeness (QED) is 0.888. The lowest BCUT2D eigenvalue weighted by molar-refractivity contribution is -0.137. The monoisotopic (exact) mass is 312 g/mol. The van der Waals surface area contributed by atoms with Gasteiger partial charge in [0.15, 0.2) is 0 Å². The van der Waals surface area contributed by atoms with Gasteiger partial charge in [-0.05, 0) is 24.1 Å². The first-order valence-corrected chi connectivity index (χ1v) is 6.70. The second kappa shape index (κ2) is 7.06. The van der Waals surface area contributed by atoms with Gasteiger partial charge in [0.25, 0.3) is 0 Å². The summed E-state index contributed by atoms with van der Waals surface area (Å²) in [4.78, 5) is 15.4. The van der Waals surface area contributed by atoms with Crippen molar-refractivity contribution in [3.63, 3.8) is 0 Å². The third kappa shape index (κ3) is 4.87. The molecule has 22 heavy (non-hydrogen) atoms. The lowest BCUT2D eigenvalue weighted by atomic mass is 10.1. The molecule has 0 fully saturated rings. The third-order valence-corrected chi connectivity index (χ3v) is 3.05. The van der Waals surface area contributed by atoms with Crippen molar-refractivity contribution in [3.05, 3.63) is 48.0 Å². The summed E-state index contributed by atoms with van der Waals surface area (Å²) in [5.74, 6) is -0.137. The Labute approximate surface area is 125 Å². The Morgan fingerprint density at radius 2 is 1.95 bits per heavy atom. The maximum absolute atomic E-state index is 12.4. The summed E-state index contributed by atoms with van der Waals surface area (Å²) in [7, 11) is 0. The molecule has 0 aliphatic carbocycles. The number of halogens is 3. The lowest BCUT2D eigenvalue weighted by Gasteiger charge is -2.08. The summed E-state index contributed by atoms with van der Waals surface area (Å²) >= 11 is 0. The summed E-state index contributed by atoms with van der Waals surface area (Å²) in [6, 6.07) is 4.93. The first-order valence-electron chi connectivity index (χ1n) is 6.70. The van der Waals surface area contributed by atoms with Crippen molar-refractivity contribution in [3.8, 4) is 0 Å². The molecule has 0 saturated carbocycles. The van der Waals surface area contributed by atoms with Gasteiger partial charge in [0.2, 0.25) is 5.91 Å². The zero-order chi connectivity index (χ0) is 16.0. The number of alkyl halides is 3. The Bertz CT molecular complexity index is 594. The van der Waals surface area contributed by atoms with Crippen molar-refractivity contribution in [2.45, 2.75) is 25.6 Å². The highest BCUT2D eigenvalue weighted by molar-refractivity contribution is 5.75. The molecule has 1 aromatic heterocycles. The molecule has 0 unspecified atom stereocenters. The minimum absolute atomic E-state index is 0.137. The number of aromatic nitrogens is 3. The van der Waals surface area contributed by atoms with Gasteiger partial charge in [0.1, 0.15) is 12.7 Å². The van der Waals surface area contributed by atoms with E-state index in [9.17, 15) is 18.0 Å². The second-order valence-corrected chi connectivity index (χ2v) is 4.70. The Morgan fingerprint density at radius 3 is 2.55 bits per heavy atom. The van der Waals surface area contributed by atoms with E-state index in [-0.39, 0.29) is 12.3 Å². The molecule has 5 nitrogen and oxygen atoms in total. The zero-order valence-corrected chi connectivity index (χ0v) is 11.7. The van der Waals surface area contributed by atoms with Gasteiger partial charge in [-0.3, -0.25) is 9.48 Å². The third-order valence-electron chi connectivity index (χ3n) is 3.05. The average Bonchev–Trinajstić information content (AvgIpc) is 2.98. The van der Waals surface area contributed by atoms with Crippen LogP contribution in [0.3, 0.4) is 0 Å². The van der Waals surface area contributed by atoms with E-state index < -0.39 is 11.7 Å². The van der Waals surface area contributed by atoms with Crippen LogP contribution in [-0.2, 0) is 23.9 Å². The Morgan fingerprint density at radius 1 is 1.23 bits per heavy atom. The van der Waals surface area contributed by atoms with E-state index in [0.717, 1.165) is 17.7 Å². The summed E-state index contributed by atoms with van der Waals surface area (Å²) < 4.78 is 38.8. The van der Waals surface area contributed by atoms with Crippen molar-refractivity contribution in [2.24, 2.45) is 0 Å². The number of nitrogens with zero attached hydrogens (tertiary/aromatic N) is 3. The fourth-order valence-corrected chi connectivity index (χ4v) is 1.86. The minimum atomic E-state index is -4.33. The van der Waals surface area contributed by atoms with Crippen LogP contribution in [0.2, 0.25) is 0 Å². The average molecular weight is 312 g/mol. The molecule has 2 aromatic rings. The first-order chi connectivity index (χ1) is 10.4. The number of nitrogens with one attached hydrogen (secondary N) is 1. The number of hydrogen-bond donors (Lipinski definition) is 1. The van der Waals surface area contributed by atoms with Crippen molar-refractivity contribution < 1.29 is 18.0 Å². The molecule has 0 saturated heterocycles. The van der Waals surface area contributed by atoms with Crippen molar-refractivity contribution >= 4 is 5.91 Å². The van der Waals surface area contributed by atoms with Gasteiger partial charge >= 0.3 is 6.18 Å². The van der Waals surface area contributed by atoms with E-state index in [1.807, 2.05) is 0 Å². The Balaban J connectivity index is 1.70. The van der Waals surface area contributed by atoms with Crippen LogP contribution >= 0.6 is 0 Å². The molecule has 2 rings (SSSR count). The van der Waals surface area contributed by atoms with Gasteiger partial charge in [0, 0.05) is 13.0 Å². The van der Waals surface area contributed by atoms with E-state index in [4.69, 9.17) is 0 Å². The molecule has 0 aliphatic heterocycles. The zero-order valence-electron chi connectivity index (χ0n) is 11.7. The predicted molar refractivity (Wildman–Crippen MR) is 72.8 cm³/mol. The van der Waals surface area contributed by atoms with Crippen LogP contribution in [0.15, 0.2) is 36.9 Å². The summed E-state index contributed by atoms with van der Waals surface area (Å²) in [5, 5.41) is 6.59. The number of aryl methyl sites for hydroxylation is 1. The summed E-state index contributed by atoms with van der Waals surface area (Å²) in [6.07, 6.45) is -0.657. The molecule has 1 aromatic carbocycles. The van der Waals surface area contributed by atoms with Gasteiger partial charge in [-0.25, -0.2) is 4.98 Å². The van der Waals surface area contributed by atoms with E-state index in [0.29, 0.717) is 19.5 Å². The number of rotatable bonds is 6. The topological polar surface area (TPSA) is 59.8 Å². The van der Waals surface area contributed by atoms with Crippen LogP contribution in [0.4, 0.5) is 13.2 Å². The van der Waals surface area contributed by atoms with E-state index in [2.05, 4.69) is 15.4 Å². The number of hydrogen-bond acceptors (Lipinski definition) is 3. The second-order valence-electron chi connectivity index (χ2n) is 4.70. The molecular weight excluding hydrogens is 297 g/mol. The highest BCUT2D eigenvalue weighted by Crippen LogP contribution is 2.29. The van der Waals surface area contributed by atoms with Crippen molar-refractivity contribution in [2.75, 3.05) is 6.54 Å². The van der Waals surface area contributed by atoms with Crippen LogP contribution in [-0.4, -0.2) is 27.2 Å². The molecule has 0 atom stereocenters. The van der Waals surface area contributed by atoms with Gasteiger partial charge in [0.05, 0.1) is 12.1 Å². The fourth-order valence-electron chi connectivity index (χ4n) is 1.86. The highest BCUT2D eigenvalue weighted by Gasteiger charge is 2.29. The molecule has 8 heteroatoms. The van der Waals surface area contributed by atoms with E-state index in [1.165, 1.54) is 24.8 Å². The van der Waals surface area contributed by atoms with Crippen LogP contribution in [0, 0.1) is 0 Å². The highest BCUT2D eigenvalue weighted by atomic mass is 19.4. The van der Waals surface area contributed by atoms with Gasteiger partial charge in [-0.2, -0.15) is 18.3 Å². The lowest BCUT2D eigenvalue weighted by Crippen LogP contribution is -2.26. The Hall–Kier alpha value is -2.38. The van der Waals surface area contributed by atoms with E-state index in [1.54, 1.807) is 4.68 Å². The van der Waals surface area contributed by atoms with Crippen LogP contribution in [0.25, 0.3) is 0 Å². The number of carbonyl (C=O) groups is 1. The minimum Gasteiger partial charge on any atom is -0.356 e. The summed E-state index contributed by atoms with van der Waals surface area (Å²) in [5.41, 5.74) is 0.0673. The smallest absolute Gasteiger partial charge is 0.356 e. The van der Waals surface area contributed by atoms with Crippen LogP contribution in [0.1, 0.15) is 17.5 Å². The largest absolute Gasteiger partial charge is 0.416 e. The van der Waals surface area contributed by atoms with Gasteiger partial charge in [-0.15, -0.1) is 0 Å². The molecule has 1 amide bonds. The molecule has 0 spiro atoms. The van der Waals surface area contributed by atoms with Gasteiger partial charge in [-0.1, -0.05) is 12.1 Å². The van der Waals surface area contributed by atoms with Crippen LogP contribution in [0.5, 0.6) is 0 Å². The molecule has 0 radical (unpaired) electrons. The SMILES string of the molecule is O=C(CCn1cncn1)NCCc1ccc(C(F)(F)F)cc1. The summed E-state index contributed by atoms with van der Waals surface area (Å²) in [6.45, 7) is 0.813. The van der Waals surface area contributed by atoms with Crippen molar-refractivity contribution in [1.82, 2.24) is 20.1 Å². The van der Waals surface area contributed by atoms with Crippen molar-refractivity contribution in [1.29, 1.82) is 0 Å². The number of benzene rings is 1. The van der Waals surface area contributed by atoms with Crippen LogP contribution < -0.4 is 5.32 Å². The first kappa shape index (κ1) is 16.0. The molecular formula is C14H15F3N4O. The molecule has 1 heterocycles. The standard InChI is InChI=1S/C14H15F3N4O/c15-14(16,17)12-3-1-11(2-4-12)5-7-19-13(22)6-8-21-10-18-9-20-21/h1-4,9-10H,5-8H2,(H,19,22). The Kier molecular flexibility index (Phi) is 5.13. The molecule has 0 aliphatic rings. The molecule has 118 valence electrons. The maximum Gasteiger partial charge on any atom is 0.416 e. The van der Waals surface area contributed by atoms with E-state index >= 15 is 0 Å². The maximum atomic E-state index is 12.4. The van der Waals surface area contributed by atoms with Gasteiger partial charge < -0.3 is 5.32 Å². The number of carbonyl (C=O) groups excluding carboxylic acids is 1. The predicted octanol–water partition coefficient (Wildman–Crippen LogP) is 2.05. The normalized spacial score (nSPS) is 11.4. The fraction of sp³-hybridized carbons (Fsp3) is 0.357. The number of amides is 1.